The summed E-state index contributed by atoms with van der Waals surface area (Å²) in [6.07, 6.45) is 1.60. The van der Waals surface area contributed by atoms with Gasteiger partial charge in [0.25, 0.3) is 5.91 Å². The lowest BCUT2D eigenvalue weighted by molar-refractivity contribution is -0.139. The molecule has 0 aliphatic carbocycles. The Hall–Kier alpha value is -5.06. The van der Waals surface area contributed by atoms with Gasteiger partial charge in [0.05, 0.1) is 31.5 Å². The van der Waals surface area contributed by atoms with Gasteiger partial charge in [0.1, 0.15) is 0 Å². The summed E-state index contributed by atoms with van der Waals surface area (Å²) in [6.45, 7) is 9.28. The second kappa shape index (κ2) is 13.1. The fraction of sp³-hybridized carbons (Fsp3) is 0.290. The molecular formula is C31H35N5O6. The van der Waals surface area contributed by atoms with Crippen molar-refractivity contribution in [3.63, 3.8) is 0 Å². The number of methoxy groups -OCH3 is 1. The molecule has 3 aromatic rings. The Morgan fingerprint density at radius 3 is 2.48 bits per heavy atom. The number of aromatic nitrogens is 1. The van der Waals surface area contributed by atoms with Crippen molar-refractivity contribution in [1.29, 1.82) is 0 Å². The number of aryl methyl sites for hydroxylation is 2. The molecule has 0 saturated carbocycles. The highest BCUT2D eigenvalue weighted by atomic mass is 16.5. The fourth-order valence-electron chi connectivity index (χ4n) is 4.77. The van der Waals surface area contributed by atoms with Crippen molar-refractivity contribution in [2.75, 3.05) is 20.3 Å². The first-order chi connectivity index (χ1) is 20.1. The predicted molar refractivity (Wildman–Crippen MR) is 158 cm³/mol. The number of allylic oxidation sites excluding steroid dienone is 1. The molecule has 1 aliphatic rings. The molecule has 2 aromatic carbocycles. The van der Waals surface area contributed by atoms with E-state index in [9.17, 15) is 14.4 Å². The number of ether oxygens (including phenoxy) is 3. The van der Waals surface area contributed by atoms with Crippen molar-refractivity contribution in [3.05, 3.63) is 87.9 Å². The highest BCUT2D eigenvalue weighted by Crippen LogP contribution is 2.34. The van der Waals surface area contributed by atoms with E-state index in [1.807, 2.05) is 26.8 Å². The van der Waals surface area contributed by atoms with Crippen LogP contribution in [0.3, 0.4) is 0 Å². The van der Waals surface area contributed by atoms with Crippen LogP contribution in [0.15, 0.2) is 64.9 Å². The zero-order valence-electron chi connectivity index (χ0n) is 24.5. The summed E-state index contributed by atoms with van der Waals surface area (Å²) in [4.78, 5) is 37.2. The van der Waals surface area contributed by atoms with Crippen LogP contribution in [-0.2, 0) is 14.3 Å². The summed E-state index contributed by atoms with van der Waals surface area (Å²) in [7, 11) is 1.46. The van der Waals surface area contributed by atoms with E-state index in [-0.39, 0.29) is 18.8 Å². The van der Waals surface area contributed by atoms with E-state index in [0.717, 1.165) is 22.6 Å². The Kier molecular flexibility index (Phi) is 9.31. The van der Waals surface area contributed by atoms with Crippen LogP contribution in [-0.4, -0.2) is 49.0 Å². The first-order valence-corrected chi connectivity index (χ1v) is 13.5. The van der Waals surface area contributed by atoms with Crippen LogP contribution in [0.25, 0.3) is 5.69 Å². The molecular weight excluding hydrogens is 538 g/mol. The molecule has 3 amide bonds. The zero-order chi connectivity index (χ0) is 30.4. The van der Waals surface area contributed by atoms with Crippen molar-refractivity contribution in [2.45, 2.75) is 40.7 Å². The van der Waals surface area contributed by atoms with Crippen molar-refractivity contribution >= 4 is 24.1 Å². The third kappa shape index (κ3) is 6.63. The smallest absolute Gasteiger partial charge is 0.338 e. The predicted octanol–water partition coefficient (Wildman–Crippen LogP) is 4.13. The van der Waals surface area contributed by atoms with Crippen LogP contribution in [0.5, 0.6) is 11.5 Å². The van der Waals surface area contributed by atoms with Crippen molar-refractivity contribution < 1.29 is 28.6 Å². The van der Waals surface area contributed by atoms with Gasteiger partial charge in [-0.2, -0.15) is 5.10 Å². The maximum atomic E-state index is 12.6. The summed E-state index contributed by atoms with van der Waals surface area (Å²) in [5.41, 5.74) is 8.91. The van der Waals surface area contributed by atoms with Crippen LogP contribution >= 0.6 is 0 Å². The first kappa shape index (κ1) is 29.9. The normalized spacial score (nSPS) is 14.8. The van der Waals surface area contributed by atoms with Gasteiger partial charge in [0.15, 0.2) is 18.1 Å². The summed E-state index contributed by atoms with van der Waals surface area (Å²) in [5.74, 6) is -0.374. The topological polar surface area (TPSA) is 132 Å². The number of urea groups is 1. The van der Waals surface area contributed by atoms with Gasteiger partial charge in [-0.1, -0.05) is 23.8 Å². The van der Waals surface area contributed by atoms with E-state index in [1.54, 1.807) is 38.3 Å². The number of rotatable bonds is 10. The molecule has 0 radical (unpaired) electrons. The number of carbonyl (C=O) groups excluding carboxylic acids is 3. The third-order valence-electron chi connectivity index (χ3n) is 6.80. The lowest BCUT2D eigenvalue weighted by Gasteiger charge is -2.28. The van der Waals surface area contributed by atoms with Crippen LogP contribution in [0, 0.1) is 20.8 Å². The number of esters is 1. The molecule has 1 aromatic heterocycles. The standard InChI is InChI=1S/C31H35N5O6/c1-7-41-30(38)28-20(4)33-31(39)34-29(28)22-10-13-25(26(15-22)40-6)42-17-27(37)35-32-16-23-14-19(3)36(21(23)5)24-11-8-18(2)9-12-24/h8-16,29H,7,17H2,1-6H3,(H,35,37)(H2,33,34,39)/b32-16-/t29-/m0/s1. The number of hydrogen-bond donors (Lipinski definition) is 3. The highest BCUT2D eigenvalue weighted by molar-refractivity contribution is 5.95. The maximum absolute atomic E-state index is 12.6. The number of hydrazone groups is 1. The van der Waals surface area contributed by atoms with Gasteiger partial charge in [0, 0.05) is 28.3 Å². The summed E-state index contributed by atoms with van der Waals surface area (Å²) >= 11 is 0. The minimum Gasteiger partial charge on any atom is -0.493 e. The molecule has 0 unspecified atom stereocenters. The van der Waals surface area contributed by atoms with Gasteiger partial charge in [0.2, 0.25) is 0 Å². The molecule has 2 heterocycles. The number of nitrogens with zero attached hydrogens (tertiary/aromatic N) is 2. The van der Waals surface area contributed by atoms with Gasteiger partial charge in [-0.05, 0) is 70.5 Å². The fourth-order valence-corrected chi connectivity index (χ4v) is 4.77. The van der Waals surface area contributed by atoms with Crippen LogP contribution in [0.4, 0.5) is 4.79 Å². The molecule has 11 nitrogen and oxygen atoms in total. The van der Waals surface area contributed by atoms with Crippen LogP contribution in [0.2, 0.25) is 0 Å². The summed E-state index contributed by atoms with van der Waals surface area (Å²) < 4.78 is 18.5. The van der Waals surface area contributed by atoms with E-state index in [4.69, 9.17) is 14.2 Å². The number of hydrogen-bond acceptors (Lipinski definition) is 7. The molecule has 1 atom stereocenters. The molecule has 0 saturated heterocycles. The average Bonchev–Trinajstić information content (AvgIpc) is 3.24. The number of benzene rings is 2. The Morgan fingerprint density at radius 2 is 1.79 bits per heavy atom. The maximum Gasteiger partial charge on any atom is 0.338 e. The monoisotopic (exact) mass is 573 g/mol. The van der Waals surface area contributed by atoms with Crippen molar-refractivity contribution in [2.24, 2.45) is 5.10 Å². The SMILES string of the molecule is CCOC(=O)C1=C(C)NC(=O)N[C@H]1c1ccc(OCC(=O)N/N=C\c2cc(C)n(-c3ccc(C)cc3)c2C)c(OC)c1. The van der Waals surface area contributed by atoms with E-state index < -0.39 is 23.9 Å². The highest BCUT2D eigenvalue weighted by Gasteiger charge is 2.32. The van der Waals surface area contributed by atoms with E-state index in [1.165, 1.54) is 12.7 Å². The second-order valence-electron chi connectivity index (χ2n) is 9.78. The Morgan fingerprint density at radius 1 is 1.05 bits per heavy atom. The molecule has 0 fully saturated rings. The largest absolute Gasteiger partial charge is 0.493 e. The quantitative estimate of drug-likeness (QED) is 0.190. The molecule has 1 aliphatic heterocycles. The van der Waals surface area contributed by atoms with Crippen molar-refractivity contribution in [3.8, 4) is 17.2 Å². The molecule has 11 heteroatoms. The molecule has 0 spiro atoms. The minimum atomic E-state index is -0.758. The first-order valence-electron chi connectivity index (χ1n) is 13.5. The average molecular weight is 574 g/mol. The van der Waals surface area contributed by atoms with Crippen molar-refractivity contribution in [1.82, 2.24) is 20.6 Å². The number of amides is 3. The van der Waals surface area contributed by atoms with Crippen LogP contribution in [0.1, 0.15) is 48.0 Å². The lowest BCUT2D eigenvalue weighted by atomic mass is 9.95. The van der Waals surface area contributed by atoms with Gasteiger partial charge in [-0.15, -0.1) is 0 Å². The van der Waals surface area contributed by atoms with E-state index in [2.05, 4.69) is 50.0 Å². The Balaban J connectivity index is 1.41. The Labute approximate surface area is 244 Å². The van der Waals surface area contributed by atoms with Gasteiger partial charge in [-0.3, -0.25) is 4.79 Å². The molecule has 4 rings (SSSR count). The lowest BCUT2D eigenvalue weighted by Crippen LogP contribution is -2.45. The van der Waals surface area contributed by atoms with E-state index in [0.29, 0.717) is 22.8 Å². The Bertz CT molecular complexity index is 1550. The summed E-state index contributed by atoms with van der Waals surface area (Å²) in [6, 6.07) is 14.0. The zero-order valence-corrected chi connectivity index (χ0v) is 24.5. The number of nitrogens with one attached hydrogen (secondary N) is 3. The molecule has 220 valence electrons. The second-order valence-corrected chi connectivity index (χ2v) is 9.78. The third-order valence-corrected chi connectivity index (χ3v) is 6.80. The van der Waals surface area contributed by atoms with Gasteiger partial charge >= 0.3 is 12.0 Å². The molecule has 3 N–H and O–H groups in total. The van der Waals surface area contributed by atoms with Gasteiger partial charge in [-0.25, -0.2) is 15.0 Å². The number of carbonyl (C=O) groups is 3. The molecule has 0 bridgehead atoms. The van der Waals surface area contributed by atoms with Gasteiger partial charge < -0.3 is 29.4 Å². The van der Waals surface area contributed by atoms with E-state index >= 15 is 0 Å². The summed E-state index contributed by atoms with van der Waals surface area (Å²) in [5, 5.41) is 9.45. The van der Waals surface area contributed by atoms with Crippen LogP contribution < -0.4 is 25.5 Å². The molecule has 42 heavy (non-hydrogen) atoms. The minimum absolute atomic E-state index is 0.192.